The third-order valence-electron chi connectivity index (χ3n) is 4.12. The van der Waals surface area contributed by atoms with E-state index in [1.807, 2.05) is 36.0 Å². The smallest absolute Gasteiger partial charge is 0.221 e. The van der Waals surface area contributed by atoms with Crippen LogP contribution in [0.25, 0.3) is 10.6 Å². The number of carbonyl (C=O) groups excluding carboxylic acids is 1. The number of aromatic nitrogens is 2. The molecule has 0 radical (unpaired) electrons. The van der Waals surface area contributed by atoms with Gasteiger partial charge >= 0.3 is 0 Å². The summed E-state index contributed by atoms with van der Waals surface area (Å²) in [6.07, 6.45) is 3.35. The Morgan fingerprint density at radius 3 is 2.58 bits per heavy atom. The number of hydrogen-bond donors (Lipinski definition) is 2. The molecule has 1 aliphatic rings. The van der Waals surface area contributed by atoms with Gasteiger partial charge in [0.25, 0.3) is 0 Å². The van der Waals surface area contributed by atoms with Gasteiger partial charge in [-0.05, 0) is 49.9 Å². The zero-order valence-electron chi connectivity index (χ0n) is 13.9. The van der Waals surface area contributed by atoms with E-state index in [0.29, 0.717) is 0 Å². The minimum atomic E-state index is -0.163. The van der Waals surface area contributed by atoms with E-state index in [1.54, 1.807) is 11.3 Å². The molecule has 24 heavy (non-hydrogen) atoms. The summed E-state index contributed by atoms with van der Waals surface area (Å²) >= 11 is 1.56. The van der Waals surface area contributed by atoms with Crippen LogP contribution in [0, 0.1) is 0 Å². The number of rotatable bonds is 3. The van der Waals surface area contributed by atoms with Crippen LogP contribution in [0.1, 0.15) is 32.6 Å². The van der Waals surface area contributed by atoms with Crippen LogP contribution in [-0.2, 0) is 11.8 Å². The van der Waals surface area contributed by atoms with Crippen molar-refractivity contribution >= 4 is 22.9 Å². The highest BCUT2D eigenvalue weighted by Crippen LogP contribution is 2.23. The Bertz CT molecular complexity index is 771. The van der Waals surface area contributed by atoms with Gasteiger partial charge in [0.1, 0.15) is 5.01 Å². The number of carbonyl (C=O) groups is 1. The number of aryl methyl sites for hydroxylation is 1. The standard InChI is InChI=1S/C17H22N4O2S/c1-11(22)18-13-5-3-12(4-6-13)16-20-21(2)17(24-16)19-14-7-9-15(23)10-8-14/h3-6,14-15,23H,7-10H2,1-2H3,(H,18,22). The number of hydrogen-bond acceptors (Lipinski definition) is 5. The molecule has 1 heterocycles. The molecule has 0 atom stereocenters. The molecule has 1 amide bonds. The van der Waals surface area contributed by atoms with Crippen molar-refractivity contribution in [3.63, 3.8) is 0 Å². The Labute approximate surface area is 144 Å². The first-order valence-electron chi connectivity index (χ1n) is 8.15. The molecule has 3 rings (SSSR count). The summed E-state index contributed by atoms with van der Waals surface area (Å²) in [7, 11) is 1.90. The van der Waals surface area contributed by atoms with Gasteiger partial charge in [-0.15, -0.1) is 0 Å². The van der Waals surface area contributed by atoms with Gasteiger partial charge in [0.2, 0.25) is 10.7 Å². The van der Waals surface area contributed by atoms with Gasteiger partial charge in [0.05, 0.1) is 12.1 Å². The molecule has 1 fully saturated rings. The SMILES string of the molecule is CC(=O)Nc1ccc(-c2nn(C)c(=NC3CCC(O)CC3)s2)cc1. The van der Waals surface area contributed by atoms with Crippen LogP contribution in [0.2, 0.25) is 0 Å². The number of nitrogens with one attached hydrogen (secondary N) is 1. The lowest BCUT2D eigenvalue weighted by atomic mass is 9.94. The molecule has 2 aromatic rings. The third kappa shape index (κ3) is 4.10. The maximum absolute atomic E-state index is 11.1. The van der Waals surface area contributed by atoms with E-state index in [0.717, 1.165) is 46.7 Å². The van der Waals surface area contributed by atoms with Crippen LogP contribution >= 0.6 is 11.3 Å². The second kappa shape index (κ2) is 7.27. The van der Waals surface area contributed by atoms with Gasteiger partial charge in [-0.3, -0.25) is 9.79 Å². The monoisotopic (exact) mass is 346 g/mol. The Kier molecular flexibility index (Phi) is 5.11. The molecule has 128 valence electrons. The number of amides is 1. The average Bonchev–Trinajstić information content (AvgIpc) is 2.91. The highest BCUT2D eigenvalue weighted by molar-refractivity contribution is 7.12. The van der Waals surface area contributed by atoms with E-state index in [4.69, 9.17) is 4.99 Å². The second-order valence-electron chi connectivity index (χ2n) is 6.16. The zero-order valence-corrected chi connectivity index (χ0v) is 14.7. The number of aliphatic hydroxyl groups is 1. The Morgan fingerprint density at radius 2 is 1.96 bits per heavy atom. The van der Waals surface area contributed by atoms with Crippen molar-refractivity contribution in [2.45, 2.75) is 44.8 Å². The number of nitrogens with zero attached hydrogens (tertiary/aromatic N) is 3. The second-order valence-corrected chi connectivity index (χ2v) is 7.12. The first-order chi connectivity index (χ1) is 11.5. The van der Waals surface area contributed by atoms with E-state index in [1.165, 1.54) is 6.92 Å². The minimum absolute atomic E-state index is 0.0814. The van der Waals surface area contributed by atoms with Crippen molar-refractivity contribution in [1.29, 1.82) is 0 Å². The average molecular weight is 346 g/mol. The van der Waals surface area contributed by atoms with Crippen LogP contribution in [-0.4, -0.2) is 32.9 Å². The molecule has 2 N–H and O–H groups in total. The maximum atomic E-state index is 11.1. The summed E-state index contributed by atoms with van der Waals surface area (Å²) in [5.41, 5.74) is 1.78. The lowest BCUT2D eigenvalue weighted by Crippen LogP contribution is -2.24. The van der Waals surface area contributed by atoms with Gasteiger partial charge in [0.15, 0.2) is 0 Å². The molecule has 0 aliphatic heterocycles. The van der Waals surface area contributed by atoms with Gasteiger partial charge < -0.3 is 10.4 Å². The van der Waals surface area contributed by atoms with Gasteiger partial charge in [-0.25, -0.2) is 4.68 Å². The molecule has 0 saturated heterocycles. The summed E-state index contributed by atoms with van der Waals surface area (Å²) in [5, 5.41) is 17.8. The molecule has 1 aliphatic carbocycles. The van der Waals surface area contributed by atoms with Gasteiger partial charge in [0, 0.05) is 25.2 Å². The third-order valence-corrected chi connectivity index (χ3v) is 5.18. The summed E-state index contributed by atoms with van der Waals surface area (Å²) in [5.74, 6) is -0.0814. The van der Waals surface area contributed by atoms with Crippen molar-refractivity contribution in [1.82, 2.24) is 9.78 Å². The molecule has 0 bridgehead atoms. The fourth-order valence-corrected chi connectivity index (χ4v) is 3.79. The number of benzene rings is 1. The van der Waals surface area contributed by atoms with Gasteiger partial charge in [-0.1, -0.05) is 11.3 Å². The molecule has 6 nitrogen and oxygen atoms in total. The fraction of sp³-hybridized carbons (Fsp3) is 0.471. The van der Waals surface area contributed by atoms with Crippen molar-refractivity contribution < 1.29 is 9.90 Å². The Morgan fingerprint density at radius 1 is 1.29 bits per heavy atom. The van der Waals surface area contributed by atoms with Crippen LogP contribution < -0.4 is 10.1 Å². The summed E-state index contributed by atoms with van der Waals surface area (Å²) in [4.78, 5) is 16.8. The summed E-state index contributed by atoms with van der Waals surface area (Å²) in [6.45, 7) is 1.49. The first kappa shape index (κ1) is 16.9. The largest absolute Gasteiger partial charge is 0.393 e. The van der Waals surface area contributed by atoms with E-state index in [-0.39, 0.29) is 18.1 Å². The van der Waals surface area contributed by atoms with E-state index >= 15 is 0 Å². The predicted octanol–water partition coefficient (Wildman–Crippen LogP) is 2.31. The van der Waals surface area contributed by atoms with Gasteiger partial charge in [-0.2, -0.15) is 5.10 Å². The predicted molar refractivity (Wildman–Crippen MR) is 94.7 cm³/mol. The van der Waals surface area contributed by atoms with Crippen LogP contribution in [0.5, 0.6) is 0 Å². The first-order valence-corrected chi connectivity index (χ1v) is 8.97. The lowest BCUT2D eigenvalue weighted by Gasteiger charge is -2.21. The quantitative estimate of drug-likeness (QED) is 0.895. The molecule has 0 unspecified atom stereocenters. The maximum Gasteiger partial charge on any atom is 0.221 e. The topological polar surface area (TPSA) is 79.5 Å². The van der Waals surface area contributed by atoms with Crippen LogP contribution in [0.4, 0.5) is 5.69 Å². The van der Waals surface area contributed by atoms with Crippen molar-refractivity contribution in [3.05, 3.63) is 29.1 Å². The number of aliphatic hydroxyl groups excluding tert-OH is 1. The highest BCUT2D eigenvalue weighted by Gasteiger charge is 2.18. The molecule has 0 spiro atoms. The molecular weight excluding hydrogens is 324 g/mol. The molecule has 1 aromatic carbocycles. The van der Waals surface area contributed by atoms with Crippen molar-refractivity contribution in [3.8, 4) is 10.6 Å². The molecule has 7 heteroatoms. The Balaban J connectivity index is 1.79. The summed E-state index contributed by atoms with van der Waals surface area (Å²) < 4.78 is 1.81. The number of anilines is 1. The van der Waals surface area contributed by atoms with Crippen molar-refractivity contribution in [2.24, 2.45) is 12.0 Å². The molecular formula is C17H22N4O2S. The normalized spacial score (nSPS) is 21.7. The van der Waals surface area contributed by atoms with E-state index < -0.39 is 0 Å². The highest BCUT2D eigenvalue weighted by atomic mass is 32.1. The molecule has 1 saturated carbocycles. The Hall–Kier alpha value is -1.99. The lowest BCUT2D eigenvalue weighted by molar-refractivity contribution is -0.114. The summed E-state index contributed by atoms with van der Waals surface area (Å²) in [6, 6.07) is 7.92. The van der Waals surface area contributed by atoms with Crippen molar-refractivity contribution in [2.75, 3.05) is 5.32 Å². The van der Waals surface area contributed by atoms with E-state index in [2.05, 4.69) is 10.4 Å². The van der Waals surface area contributed by atoms with E-state index in [9.17, 15) is 9.90 Å². The minimum Gasteiger partial charge on any atom is -0.393 e. The molecule has 1 aromatic heterocycles. The van der Waals surface area contributed by atoms with Crippen LogP contribution in [0.15, 0.2) is 29.3 Å². The zero-order chi connectivity index (χ0) is 17.1. The fourth-order valence-electron chi connectivity index (χ4n) is 2.82. The van der Waals surface area contributed by atoms with Crippen LogP contribution in [0.3, 0.4) is 0 Å².